The third-order valence-electron chi connectivity index (χ3n) is 6.76. The molecule has 0 fully saturated rings. The lowest BCUT2D eigenvalue weighted by atomic mass is 10.1. The molecular weight excluding hydrogens is 548 g/mol. The summed E-state index contributed by atoms with van der Waals surface area (Å²) in [6, 6.07) is 9.17. The Balaban J connectivity index is 1.51. The molecule has 0 saturated carbocycles. The second-order valence-corrected chi connectivity index (χ2v) is 11.9. The number of pyridine rings is 2. The van der Waals surface area contributed by atoms with Crippen molar-refractivity contribution in [1.29, 1.82) is 0 Å². The van der Waals surface area contributed by atoms with Crippen molar-refractivity contribution in [3.05, 3.63) is 60.2 Å². The molecule has 2 rings (SSSR count). The largest absolute Gasteiger partial charge is 0.211 e. The molecule has 0 radical (unpaired) electrons. The zero-order valence-electron chi connectivity index (χ0n) is 21.7. The number of hydrogen-bond donors (Lipinski definition) is 0. The SMILES string of the molecule is CCCCCc1cc[n+](C(Br)CCCCCCCCC(Br)[n+]2ccc(CCCCC)cc2)cc1. The molecule has 0 saturated heterocycles. The Kier molecular flexibility index (Phi) is 16.1. The molecule has 4 heteroatoms. The lowest BCUT2D eigenvalue weighted by molar-refractivity contribution is -0.698. The van der Waals surface area contributed by atoms with Gasteiger partial charge in [0.05, 0.1) is 0 Å². The van der Waals surface area contributed by atoms with E-state index < -0.39 is 0 Å². The summed E-state index contributed by atoms with van der Waals surface area (Å²) in [5, 5.41) is 0. The van der Waals surface area contributed by atoms with Gasteiger partial charge in [0.1, 0.15) is 0 Å². The van der Waals surface area contributed by atoms with Gasteiger partial charge in [-0.2, -0.15) is 9.13 Å². The molecule has 2 nitrogen and oxygen atoms in total. The van der Waals surface area contributed by atoms with Crippen LogP contribution >= 0.6 is 31.9 Å². The lowest BCUT2D eigenvalue weighted by Gasteiger charge is -2.08. The average molecular weight is 597 g/mol. The first-order valence-electron chi connectivity index (χ1n) is 13.9. The van der Waals surface area contributed by atoms with E-state index >= 15 is 0 Å². The summed E-state index contributed by atoms with van der Waals surface area (Å²) in [7, 11) is 0. The molecule has 190 valence electrons. The summed E-state index contributed by atoms with van der Waals surface area (Å²) in [5.74, 6) is 0. The molecule has 0 amide bonds. The lowest BCUT2D eigenvalue weighted by Crippen LogP contribution is -2.35. The molecule has 0 spiro atoms. The van der Waals surface area contributed by atoms with Crippen molar-refractivity contribution < 1.29 is 9.13 Å². The van der Waals surface area contributed by atoms with E-state index in [0.717, 1.165) is 0 Å². The fourth-order valence-electron chi connectivity index (χ4n) is 4.43. The van der Waals surface area contributed by atoms with Crippen LogP contribution in [0.25, 0.3) is 0 Å². The van der Waals surface area contributed by atoms with Gasteiger partial charge < -0.3 is 0 Å². The van der Waals surface area contributed by atoms with Crippen LogP contribution in [0.1, 0.15) is 125 Å². The van der Waals surface area contributed by atoms with Crippen LogP contribution in [-0.2, 0) is 12.8 Å². The van der Waals surface area contributed by atoms with E-state index in [-0.39, 0.29) is 0 Å². The Hall–Kier alpha value is -0.740. The Labute approximate surface area is 226 Å². The Morgan fingerprint density at radius 1 is 0.529 bits per heavy atom. The maximum absolute atomic E-state index is 3.88. The topological polar surface area (TPSA) is 7.76 Å². The summed E-state index contributed by atoms with van der Waals surface area (Å²) in [6.45, 7) is 4.53. The van der Waals surface area contributed by atoms with E-state index in [9.17, 15) is 0 Å². The number of aromatic nitrogens is 2. The van der Waals surface area contributed by atoms with Crippen molar-refractivity contribution in [1.82, 2.24) is 0 Å². The van der Waals surface area contributed by atoms with E-state index in [1.165, 1.54) is 114 Å². The zero-order valence-corrected chi connectivity index (χ0v) is 24.9. The predicted octanol–water partition coefficient (Wildman–Crippen LogP) is 9.34. The van der Waals surface area contributed by atoms with Gasteiger partial charge in [-0.15, -0.1) is 0 Å². The number of rotatable bonds is 19. The highest BCUT2D eigenvalue weighted by Gasteiger charge is 2.14. The number of alkyl halides is 2. The number of hydrogen-bond acceptors (Lipinski definition) is 0. The quantitative estimate of drug-likeness (QED) is 0.0868. The standard InChI is InChI=1S/C30H48Br2N2/c1-3-5-11-15-27-19-23-33(24-20-27)29(31)17-13-9-7-8-10-14-18-30(32)34-25-21-28(22-26-34)16-12-6-4-2/h19-26,29-30H,3-18H2,1-2H3/q+2. The molecule has 2 aromatic rings. The molecule has 0 aliphatic carbocycles. The second kappa shape index (κ2) is 18.5. The van der Waals surface area contributed by atoms with Crippen LogP contribution in [0.15, 0.2) is 49.1 Å². The van der Waals surface area contributed by atoms with Crippen LogP contribution < -0.4 is 9.13 Å². The Morgan fingerprint density at radius 3 is 1.24 bits per heavy atom. The first-order valence-corrected chi connectivity index (χ1v) is 15.7. The third kappa shape index (κ3) is 12.3. The summed E-state index contributed by atoms with van der Waals surface area (Å²) >= 11 is 7.76. The highest BCUT2D eigenvalue weighted by atomic mass is 79.9. The van der Waals surface area contributed by atoms with Gasteiger partial charge in [0.2, 0.25) is 9.90 Å². The Morgan fingerprint density at radius 2 is 0.882 bits per heavy atom. The van der Waals surface area contributed by atoms with Crippen LogP contribution in [0.2, 0.25) is 0 Å². The third-order valence-corrected chi connectivity index (χ3v) is 8.62. The molecule has 0 aromatic carbocycles. The van der Waals surface area contributed by atoms with Crippen LogP contribution in [0, 0.1) is 0 Å². The van der Waals surface area contributed by atoms with Gasteiger partial charge in [0.25, 0.3) is 0 Å². The molecule has 0 bridgehead atoms. The average Bonchev–Trinajstić information content (AvgIpc) is 2.86. The molecule has 34 heavy (non-hydrogen) atoms. The van der Waals surface area contributed by atoms with Gasteiger partial charge in [-0.1, -0.05) is 65.2 Å². The van der Waals surface area contributed by atoms with Crippen molar-refractivity contribution in [3.8, 4) is 0 Å². The first kappa shape index (κ1) is 29.5. The van der Waals surface area contributed by atoms with Crippen LogP contribution in [0.4, 0.5) is 0 Å². The van der Waals surface area contributed by atoms with E-state index in [2.05, 4.69) is 104 Å². The van der Waals surface area contributed by atoms with Gasteiger partial charge in [0.15, 0.2) is 24.8 Å². The maximum Gasteiger partial charge on any atom is 0.211 e. The minimum absolute atomic E-state index is 0.418. The normalized spacial score (nSPS) is 13.2. The van der Waals surface area contributed by atoms with Crippen molar-refractivity contribution in [2.45, 2.75) is 126 Å². The van der Waals surface area contributed by atoms with E-state index in [1.54, 1.807) is 0 Å². The predicted molar refractivity (Wildman–Crippen MR) is 153 cm³/mol. The fraction of sp³-hybridized carbons (Fsp3) is 0.667. The second-order valence-electron chi connectivity index (χ2n) is 9.79. The highest BCUT2D eigenvalue weighted by molar-refractivity contribution is 9.09. The number of aryl methyl sites for hydroxylation is 2. The zero-order chi connectivity index (χ0) is 24.4. The van der Waals surface area contributed by atoms with Gasteiger partial charge in [-0.25, -0.2) is 0 Å². The minimum atomic E-state index is 0.418. The van der Waals surface area contributed by atoms with Crippen molar-refractivity contribution in [2.24, 2.45) is 0 Å². The molecule has 2 heterocycles. The molecule has 0 aliphatic heterocycles. The van der Waals surface area contributed by atoms with E-state index in [4.69, 9.17) is 0 Å². The number of nitrogens with zero attached hydrogens (tertiary/aromatic N) is 2. The highest BCUT2D eigenvalue weighted by Crippen LogP contribution is 2.20. The monoisotopic (exact) mass is 594 g/mol. The van der Waals surface area contributed by atoms with Gasteiger partial charge >= 0.3 is 0 Å². The summed E-state index contributed by atoms with van der Waals surface area (Å²) in [5.41, 5.74) is 2.93. The van der Waals surface area contributed by atoms with Crippen LogP contribution in [0.5, 0.6) is 0 Å². The molecule has 0 N–H and O–H groups in total. The minimum Gasteiger partial charge on any atom is -0.192 e. The number of halogens is 2. The smallest absolute Gasteiger partial charge is 0.192 e. The first-order chi connectivity index (χ1) is 16.6. The van der Waals surface area contributed by atoms with Crippen LogP contribution in [-0.4, -0.2) is 0 Å². The summed E-state index contributed by atoms with van der Waals surface area (Å²) < 4.78 is 4.63. The van der Waals surface area contributed by atoms with E-state index in [0.29, 0.717) is 9.90 Å². The van der Waals surface area contributed by atoms with Gasteiger partial charge in [0, 0.05) is 37.1 Å². The van der Waals surface area contributed by atoms with Gasteiger partial charge in [-0.05, 0) is 81.5 Å². The van der Waals surface area contributed by atoms with Gasteiger partial charge in [-0.3, -0.25) is 0 Å². The molecular formula is C30H48Br2N2+2. The molecule has 2 unspecified atom stereocenters. The Bertz CT molecular complexity index is 680. The van der Waals surface area contributed by atoms with Crippen LogP contribution in [0.3, 0.4) is 0 Å². The summed E-state index contributed by atoms with van der Waals surface area (Å²) in [4.78, 5) is 0.836. The van der Waals surface area contributed by atoms with Crippen molar-refractivity contribution >= 4 is 31.9 Å². The summed E-state index contributed by atoms with van der Waals surface area (Å²) in [6.07, 6.45) is 29.6. The maximum atomic E-state index is 3.88. The molecule has 0 aliphatic rings. The number of unbranched alkanes of at least 4 members (excludes halogenated alkanes) is 9. The van der Waals surface area contributed by atoms with Crippen molar-refractivity contribution in [3.63, 3.8) is 0 Å². The molecule has 2 aromatic heterocycles. The van der Waals surface area contributed by atoms with Crippen molar-refractivity contribution in [2.75, 3.05) is 0 Å². The molecule has 2 atom stereocenters. The fourth-order valence-corrected chi connectivity index (χ4v) is 5.63. The van der Waals surface area contributed by atoms with E-state index in [1.807, 2.05) is 0 Å².